The number of hydrogen-bond donors (Lipinski definition) is 4. The lowest BCUT2D eigenvalue weighted by molar-refractivity contribution is -0.0551. The highest BCUT2D eigenvalue weighted by molar-refractivity contribution is 14.1. The van der Waals surface area contributed by atoms with Crippen LogP contribution in [0.2, 0.25) is 0 Å². The van der Waals surface area contributed by atoms with E-state index in [9.17, 15) is 19.8 Å². The molecule has 100 valence electrons. The summed E-state index contributed by atoms with van der Waals surface area (Å²) in [7, 11) is 0. The molecule has 0 spiro atoms. The van der Waals surface area contributed by atoms with Crippen molar-refractivity contribution < 1.29 is 20.1 Å². The Morgan fingerprint density at radius 2 is 2.06 bits per heavy atom. The van der Waals surface area contributed by atoms with Crippen molar-refractivity contribution in [1.29, 1.82) is 0 Å². The third kappa shape index (κ3) is 2.23. The number of aromatic nitrogens is 2. The molecule has 0 aliphatic carbocycles. The summed E-state index contributed by atoms with van der Waals surface area (Å²) in [4.78, 5) is 24.9. The van der Waals surface area contributed by atoms with E-state index in [-0.39, 0.29) is 3.57 Å². The van der Waals surface area contributed by atoms with E-state index in [2.05, 4.69) is 4.98 Å². The summed E-state index contributed by atoms with van der Waals surface area (Å²) >= 11 is 1.73. The molecule has 4 atom stereocenters. The van der Waals surface area contributed by atoms with Crippen LogP contribution in [0.25, 0.3) is 0 Å². The fourth-order valence-corrected chi connectivity index (χ4v) is 2.19. The fourth-order valence-electron chi connectivity index (χ4n) is 1.76. The fraction of sp³-hybridized carbons (Fsp3) is 0.556. The Morgan fingerprint density at radius 1 is 1.39 bits per heavy atom. The van der Waals surface area contributed by atoms with Crippen LogP contribution in [0.15, 0.2) is 15.8 Å². The number of rotatable bonds is 2. The second-order valence-electron chi connectivity index (χ2n) is 3.87. The van der Waals surface area contributed by atoms with Gasteiger partial charge in [-0.05, 0) is 22.6 Å². The summed E-state index contributed by atoms with van der Waals surface area (Å²) in [5.41, 5.74) is -1.29. The first kappa shape index (κ1) is 13.7. The Balaban J connectivity index is 2.42. The first-order valence-corrected chi connectivity index (χ1v) is 6.17. The predicted molar refractivity (Wildman–Crippen MR) is 67.0 cm³/mol. The molecule has 1 saturated heterocycles. The zero-order valence-electron chi connectivity index (χ0n) is 8.99. The molecule has 8 nitrogen and oxygen atoms in total. The van der Waals surface area contributed by atoms with Crippen molar-refractivity contribution in [2.45, 2.75) is 24.5 Å². The molecule has 1 aromatic heterocycles. The summed E-state index contributed by atoms with van der Waals surface area (Å²) in [6.07, 6.45) is -3.54. The molecule has 4 N–H and O–H groups in total. The average molecular weight is 370 g/mol. The molecule has 0 bridgehead atoms. The molecule has 2 heterocycles. The van der Waals surface area contributed by atoms with E-state index >= 15 is 0 Å². The maximum absolute atomic E-state index is 11.6. The van der Waals surface area contributed by atoms with Crippen LogP contribution in [0.4, 0.5) is 0 Å². The monoisotopic (exact) mass is 370 g/mol. The van der Waals surface area contributed by atoms with Crippen LogP contribution in [-0.4, -0.2) is 49.8 Å². The first-order chi connectivity index (χ1) is 8.45. The van der Waals surface area contributed by atoms with Crippen molar-refractivity contribution in [1.82, 2.24) is 9.55 Å². The molecule has 1 fully saturated rings. The van der Waals surface area contributed by atoms with E-state index in [0.29, 0.717) is 0 Å². The molecule has 1 aliphatic rings. The van der Waals surface area contributed by atoms with Crippen LogP contribution in [0.3, 0.4) is 0 Å². The molecule has 0 saturated carbocycles. The van der Waals surface area contributed by atoms with Gasteiger partial charge < -0.3 is 20.1 Å². The second kappa shape index (κ2) is 5.09. The van der Waals surface area contributed by atoms with Gasteiger partial charge in [-0.1, -0.05) is 0 Å². The van der Waals surface area contributed by atoms with E-state index < -0.39 is 42.4 Å². The zero-order valence-corrected chi connectivity index (χ0v) is 11.1. The number of H-pyrrole nitrogens is 1. The Labute approximate surface area is 114 Å². The van der Waals surface area contributed by atoms with Gasteiger partial charge in [-0.2, -0.15) is 0 Å². The van der Waals surface area contributed by atoms with Gasteiger partial charge in [0.25, 0.3) is 5.56 Å². The van der Waals surface area contributed by atoms with Crippen LogP contribution in [0.1, 0.15) is 6.23 Å². The molecule has 0 aromatic carbocycles. The van der Waals surface area contributed by atoms with E-state index in [1.165, 1.54) is 6.20 Å². The molecular formula is C9H11IN2O6. The minimum Gasteiger partial charge on any atom is -0.394 e. The molecule has 1 aliphatic heterocycles. The van der Waals surface area contributed by atoms with Crippen molar-refractivity contribution in [3.8, 4) is 0 Å². The predicted octanol–water partition coefficient (Wildman–Crippen LogP) is -2.25. The largest absolute Gasteiger partial charge is 0.394 e. The van der Waals surface area contributed by atoms with Crippen LogP contribution in [-0.2, 0) is 4.74 Å². The molecule has 18 heavy (non-hydrogen) atoms. The molecular weight excluding hydrogens is 359 g/mol. The highest BCUT2D eigenvalue weighted by Gasteiger charge is 2.43. The summed E-state index contributed by atoms with van der Waals surface area (Å²) in [5.74, 6) is 0. The second-order valence-corrected chi connectivity index (χ2v) is 5.03. The molecule has 2 rings (SSSR count). The minimum atomic E-state index is -1.36. The third-order valence-electron chi connectivity index (χ3n) is 2.72. The number of nitrogens with one attached hydrogen (secondary N) is 1. The molecule has 9 heteroatoms. The Kier molecular flexibility index (Phi) is 3.87. The Bertz CT molecular complexity index is 555. The lowest BCUT2D eigenvalue weighted by atomic mass is 10.1. The lowest BCUT2D eigenvalue weighted by Gasteiger charge is -2.17. The number of aliphatic hydroxyl groups excluding tert-OH is 3. The van der Waals surface area contributed by atoms with E-state index in [1.54, 1.807) is 22.6 Å². The van der Waals surface area contributed by atoms with Gasteiger partial charge in [0.15, 0.2) is 6.23 Å². The SMILES string of the molecule is O=c1[nH]c(=O)n(C2OC(CO)C(O)[C@@H]2O)cc1I. The minimum absolute atomic E-state index is 0.241. The summed E-state index contributed by atoms with van der Waals surface area (Å²) in [6.45, 7) is -0.482. The summed E-state index contributed by atoms with van der Waals surface area (Å²) < 4.78 is 6.40. The first-order valence-electron chi connectivity index (χ1n) is 5.09. The topological polar surface area (TPSA) is 125 Å². The van der Waals surface area contributed by atoms with Crippen LogP contribution in [0, 0.1) is 3.57 Å². The van der Waals surface area contributed by atoms with Gasteiger partial charge in [0.2, 0.25) is 0 Å². The number of aromatic amines is 1. The molecule has 3 unspecified atom stereocenters. The van der Waals surface area contributed by atoms with Crippen molar-refractivity contribution >= 4 is 22.6 Å². The van der Waals surface area contributed by atoms with Crippen molar-refractivity contribution in [3.05, 3.63) is 30.6 Å². The zero-order chi connectivity index (χ0) is 13.4. The lowest BCUT2D eigenvalue weighted by Crippen LogP contribution is -2.38. The Morgan fingerprint density at radius 3 is 2.61 bits per heavy atom. The van der Waals surface area contributed by atoms with Gasteiger partial charge in [-0.15, -0.1) is 0 Å². The van der Waals surface area contributed by atoms with E-state index in [0.717, 1.165) is 4.57 Å². The summed E-state index contributed by atoms with van der Waals surface area (Å²) in [5, 5.41) is 28.3. The summed E-state index contributed by atoms with van der Waals surface area (Å²) in [6, 6.07) is 0. The maximum atomic E-state index is 11.6. The van der Waals surface area contributed by atoms with Gasteiger partial charge >= 0.3 is 5.69 Å². The normalized spacial score (nSPS) is 31.8. The smallest absolute Gasteiger partial charge is 0.330 e. The molecule has 0 amide bonds. The van der Waals surface area contributed by atoms with Crippen LogP contribution in [0.5, 0.6) is 0 Å². The van der Waals surface area contributed by atoms with Crippen LogP contribution < -0.4 is 11.2 Å². The third-order valence-corrected chi connectivity index (χ3v) is 3.48. The highest BCUT2D eigenvalue weighted by Crippen LogP contribution is 2.27. The van der Waals surface area contributed by atoms with Crippen molar-refractivity contribution in [2.24, 2.45) is 0 Å². The van der Waals surface area contributed by atoms with E-state index in [1.807, 2.05) is 0 Å². The van der Waals surface area contributed by atoms with Gasteiger partial charge in [-0.25, -0.2) is 4.79 Å². The quantitative estimate of drug-likeness (QED) is 0.436. The maximum Gasteiger partial charge on any atom is 0.330 e. The molecule has 0 radical (unpaired) electrons. The number of halogens is 1. The Hall–Kier alpha value is -0.750. The molecule has 1 aromatic rings. The highest BCUT2D eigenvalue weighted by atomic mass is 127. The number of ether oxygens (including phenoxy) is 1. The standard InChI is InChI=1S/C9H11IN2O6/c10-3-1-12(9(17)11-7(3)16)8-6(15)5(14)4(2-13)18-8/h1,4-6,8,13-15H,2H2,(H,11,16,17)/t4?,5?,6-,8?/m0/s1. The average Bonchev–Trinajstić information content (AvgIpc) is 2.61. The number of nitrogens with zero attached hydrogens (tertiary/aromatic N) is 1. The van der Waals surface area contributed by atoms with Crippen molar-refractivity contribution in [3.63, 3.8) is 0 Å². The number of aliphatic hydroxyl groups is 3. The van der Waals surface area contributed by atoms with Gasteiger partial charge in [0, 0.05) is 6.20 Å². The van der Waals surface area contributed by atoms with E-state index in [4.69, 9.17) is 9.84 Å². The van der Waals surface area contributed by atoms with Crippen LogP contribution >= 0.6 is 22.6 Å². The van der Waals surface area contributed by atoms with Gasteiger partial charge in [0.05, 0.1) is 10.2 Å². The van der Waals surface area contributed by atoms with Gasteiger partial charge in [0.1, 0.15) is 18.3 Å². The van der Waals surface area contributed by atoms with Gasteiger partial charge in [-0.3, -0.25) is 14.3 Å². The van der Waals surface area contributed by atoms with Crippen molar-refractivity contribution in [2.75, 3.05) is 6.61 Å². The number of hydrogen-bond acceptors (Lipinski definition) is 6.